The predicted molar refractivity (Wildman–Crippen MR) is 67.7 cm³/mol. The molecule has 21 heavy (non-hydrogen) atoms. The number of carboxylic acids is 1. The Balaban J connectivity index is 2.68. The number of hydrogen-bond donors (Lipinski definition) is 2. The third-order valence-electron chi connectivity index (χ3n) is 3.32. The second-order valence-electron chi connectivity index (χ2n) is 6.46. The van der Waals surface area contributed by atoms with Crippen LogP contribution in [0.3, 0.4) is 0 Å². The summed E-state index contributed by atoms with van der Waals surface area (Å²) in [6.07, 6.45) is -6.88. The molecule has 1 aliphatic rings. The highest BCUT2D eigenvalue weighted by atomic mass is 19.4. The fraction of sp³-hybridized carbons (Fsp3) is 0.846. The fourth-order valence-electron chi connectivity index (χ4n) is 2.54. The van der Waals surface area contributed by atoms with Gasteiger partial charge in [-0.2, -0.15) is 13.2 Å². The van der Waals surface area contributed by atoms with E-state index in [2.05, 4.69) is 5.32 Å². The summed E-state index contributed by atoms with van der Waals surface area (Å²) in [5.74, 6) is -1.48. The molecule has 122 valence electrons. The van der Waals surface area contributed by atoms with Crippen molar-refractivity contribution in [2.24, 2.45) is 5.41 Å². The number of ether oxygens (including phenoxy) is 1. The number of carbonyl (C=O) groups excluding carboxylic acids is 1. The average Bonchev–Trinajstić information content (AvgIpc) is 2.56. The Morgan fingerprint density at radius 2 is 1.90 bits per heavy atom. The first-order valence-corrected chi connectivity index (χ1v) is 6.63. The molecule has 8 heteroatoms. The number of alkyl halides is 3. The fourth-order valence-corrected chi connectivity index (χ4v) is 2.54. The van der Waals surface area contributed by atoms with Crippen LogP contribution in [0.15, 0.2) is 0 Å². The molecule has 0 aromatic carbocycles. The molecule has 0 bridgehead atoms. The van der Waals surface area contributed by atoms with Crippen molar-refractivity contribution in [2.45, 2.75) is 64.3 Å². The van der Waals surface area contributed by atoms with Crippen LogP contribution < -0.4 is 5.32 Å². The minimum atomic E-state index is -4.56. The van der Waals surface area contributed by atoms with Gasteiger partial charge in [-0.15, -0.1) is 0 Å². The highest BCUT2D eigenvalue weighted by molar-refractivity contribution is 5.76. The van der Waals surface area contributed by atoms with Crippen LogP contribution in [0.5, 0.6) is 0 Å². The largest absolute Gasteiger partial charge is 0.481 e. The van der Waals surface area contributed by atoms with E-state index in [-0.39, 0.29) is 19.3 Å². The van der Waals surface area contributed by atoms with Gasteiger partial charge < -0.3 is 15.2 Å². The van der Waals surface area contributed by atoms with Crippen LogP contribution in [-0.2, 0) is 9.53 Å². The van der Waals surface area contributed by atoms with Crippen LogP contribution in [0.2, 0.25) is 0 Å². The second-order valence-corrected chi connectivity index (χ2v) is 6.46. The van der Waals surface area contributed by atoms with Crippen molar-refractivity contribution in [1.29, 1.82) is 0 Å². The van der Waals surface area contributed by atoms with Crippen LogP contribution in [-0.4, -0.2) is 35.0 Å². The maximum absolute atomic E-state index is 12.5. The lowest BCUT2D eigenvalue weighted by atomic mass is 9.82. The van der Waals surface area contributed by atoms with Gasteiger partial charge in [0.2, 0.25) is 0 Å². The van der Waals surface area contributed by atoms with E-state index in [1.165, 1.54) is 0 Å². The lowest BCUT2D eigenvalue weighted by Crippen LogP contribution is -2.40. The van der Waals surface area contributed by atoms with Crippen molar-refractivity contribution >= 4 is 12.1 Å². The van der Waals surface area contributed by atoms with Gasteiger partial charge in [0.25, 0.3) is 0 Å². The zero-order valence-electron chi connectivity index (χ0n) is 12.2. The molecule has 5 nitrogen and oxygen atoms in total. The first-order valence-electron chi connectivity index (χ1n) is 6.63. The number of halogens is 3. The molecule has 0 aliphatic heterocycles. The number of carbonyl (C=O) groups is 2. The Morgan fingerprint density at radius 1 is 1.33 bits per heavy atom. The lowest BCUT2D eigenvalue weighted by molar-refractivity contribution is -0.178. The Kier molecular flexibility index (Phi) is 4.80. The predicted octanol–water partition coefficient (Wildman–Crippen LogP) is 3.09. The first-order chi connectivity index (χ1) is 9.33. The quantitative estimate of drug-likeness (QED) is 0.840. The standard InChI is InChI=1S/C13H20F3NO4/c1-11(2,3)21-10(20)17-8-4-5-12(6-8,9(18)19)7-13(14,15)16/h8H,4-7H2,1-3H3,(H,17,20)(H,18,19). The maximum atomic E-state index is 12.5. The summed E-state index contributed by atoms with van der Waals surface area (Å²) >= 11 is 0. The molecular weight excluding hydrogens is 291 g/mol. The Bertz CT molecular complexity index is 417. The van der Waals surface area contributed by atoms with Crippen LogP contribution >= 0.6 is 0 Å². The van der Waals surface area contributed by atoms with Gasteiger partial charge in [0.1, 0.15) is 5.60 Å². The number of amides is 1. The molecule has 0 aromatic rings. The molecule has 0 aromatic heterocycles. The maximum Gasteiger partial charge on any atom is 0.407 e. The topological polar surface area (TPSA) is 75.6 Å². The van der Waals surface area contributed by atoms with Crippen molar-refractivity contribution in [1.82, 2.24) is 5.32 Å². The minimum Gasteiger partial charge on any atom is -0.481 e. The van der Waals surface area contributed by atoms with E-state index in [0.717, 1.165) is 0 Å². The third-order valence-corrected chi connectivity index (χ3v) is 3.32. The van der Waals surface area contributed by atoms with Crippen molar-refractivity contribution in [3.8, 4) is 0 Å². The van der Waals surface area contributed by atoms with Gasteiger partial charge >= 0.3 is 18.2 Å². The Hall–Kier alpha value is -1.47. The Labute approximate surface area is 120 Å². The zero-order valence-corrected chi connectivity index (χ0v) is 12.2. The summed E-state index contributed by atoms with van der Waals surface area (Å²) in [7, 11) is 0. The number of hydrogen-bond acceptors (Lipinski definition) is 3. The van der Waals surface area contributed by atoms with Gasteiger partial charge in [0.15, 0.2) is 0 Å². The van der Waals surface area contributed by atoms with Gasteiger partial charge in [0.05, 0.1) is 11.8 Å². The summed E-state index contributed by atoms with van der Waals surface area (Å²) in [5, 5.41) is 11.6. The molecule has 0 radical (unpaired) electrons. The molecule has 2 N–H and O–H groups in total. The summed E-state index contributed by atoms with van der Waals surface area (Å²) in [6, 6.07) is -0.627. The van der Waals surface area contributed by atoms with E-state index in [0.29, 0.717) is 0 Å². The van der Waals surface area contributed by atoms with Gasteiger partial charge in [-0.3, -0.25) is 4.79 Å². The molecule has 2 atom stereocenters. The van der Waals surface area contributed by atoms with Crippen LogP contribution in [0.25, 0.3) is 0 Å². The Morgan fingerprint density at radius 3 is 2.33 bits per heavy atom. The SMILES string of the molecule is CC(C)(C)OC(=O)NC1CCC(CC(F)(F)F)(C(=O)O)C1. The zero-order chi connectivity index (χ0) is 16.5. The van der Waals surface area contributed by atoms with E-state index in [4.69, 9.17) is 9.84 Å². The molecule has 0 spiro atoms. The van der Waals surface area contributed by atoms with Gasteiger partial charge in [-0.25, -0.2) is 4.79 Å². The molecule has 0 saturated heterocycles. The molecule has 1 aliphatic carbocycles. The van der Waals surface area contributed by atoms with Gasteiger partial charge in [-0.05, 0) is 40.0 Å². The van der Waals surface area contributed by atoms with Gasteiger partial charge in [-0.1, -0.05) is 0 Å². The van der Waals surface area contributed by atoms with E-state index >= 15 is 0 Å². The molecule has 2 unspecified atom stereocenters. The summed E-state index contributed by atoms with van der Waals surface area (Å²) in [4.78, 5) is 22.8. The normalized spacial score (nSPS) is 26.5. The number of rotatable bonds is 3. The third kappa shape index (κ3) is 5.43. The molecular formula is C13H20F3NO4. The van der Waals surface area contributed by atoms with E-state index in [1.54, 1.807) is 20.8 Å². The number of carboxylic acid groups (broad SMARTS) is 1. The van der Waals surface area contributed by atoms with Crippen LogP contribution in [0, 0.1) is 5.41 Å². The molecule has 1 fully saturated rings. The monoisotopic (exact) mass is 311 g/mol. The highest BCUT2D eigenvalue weighted by Crippen LogP contribution is 2.46. The minimum absolute atomic E-state index is 0.123. The smallest absolute Gasteiger partial charge is 0.407 e. The number of alkyl carbamates (subject to hydrolysis) is 1. The van der Waals surface area contributed by atoms with Crippen molar-refractivity contribution in [3.63, 3.8) is 0 Å². The van der Waals surface area contributed by atoms with Crippen LogP contribution in [0.1, 0.15) is 46.5 Å². The van der Waals surface area contributed by atoms with Crippen molar-refractivity contribution in [2.75, 3.05) is 0 Å². The summed E-state index contributed by atoms with van der Waals surface area (Å²) in [6.45, 7) is 4.98. The van der Waals surface area contributed by atoms with E-state index < -0.39 is 41.7 Å². The molecule has 0 heterocycles. The average molecular weight is 311 g/mol. The lowest BCUT2D eigenvalue weighted by Gasteiger charge is -2.26. The molecule has 1 rings (SSSR count). The van der Waals surface area contributed by atoms with Crippen LogP contribution in [0.4, 0.5) is 18.0 Å². The summed E-state index contributed by atoms with van der Waals surface area (Å²) < 4.78 is 42.7. The van der Waals surface area contributed by atoms with Gasteiger partial charge in [0, 0.05) is 6.04 Å². The molecule has 1 amide bonds. The first kappa shape index (κ1) is 17.6. The molecule has 1 saturated carbocycles. The van der Waals surface area contributed by atoms with E-state index in [9.17, 15) is 22.8 Å². The summed E-state index contributed by atoms with van der Waals surface area (Å²) in [5.41, 5.74) is -2.59. The number of aliphatic carboxylic acids is 1. The number of nitrogens with one attached hydrogen (secondary N) is 1. The van der Waals surface area contributed by atoms with Crippen molar-refractivity contribution in [3.05, 3.63) is 0 Å². The highest BCUT2D eigenvalue weighted by Gasteiger charge is 2.52. The van der Waals surface area contributed by atoms with Crippen molar-refractivity contribution < 1.29 is 32.6 Å². The van der Waals surface area contributed by atoms with E-state index in [1.807, 2.05) is 0 Å². The second kappa shape index (κ2) is 5.73.